The minimum atomic E-state index is -0.985. The van der Waals surface area contributed by atoms with Crippen molar-refractivity contribution in [3.05, 3.63) is 66.4 Å². The first-order chi connectivity index (χ1) is 19.8. The quantitative estimate of drug-likeness (QED) is 0.312. The first-order valence-electron chi connectivity index (χ1n) is 13.9. The Bertz CT molecular complexity index is 1650. The number of aromatic nitrogens is 3. The molecule has 0 N–H and O–H groups in total. The molecule has 0 aliphatic carbocycles. The summed E-state index contributed by atoms with van der Waals surface area (Å²) in [5.41, 5.74) is 2.04. The molecule has 1 atom stereocenters. The largest absolute Gasteiger partial charge is 0.462 e. The summed E-state index contributed by atoms with van der Waals surface area (Å²) in [6.45, 7) is 7.83. The maximum absolute atomic E-state index is 16.5. The van der Waals surface area contributed by atoms with Gasteiger partial charge in [-0.3, -0.25) is 9.78 Å². The van der Waals surface area contributed by atoms with E-state index in [1.807, 2.05) is 48.2 Å². The molecule has 4 heterocycles. The molecule has 1 amide bonds. The van der Waals surface area contributed by atoms with Crippen molar-refractivity contribution in [2.75, 3.05) is 51.3 Å². The number of hydrogen-bond acceptors (Lipinski definition) is 7. The molecule has 4 aromatic rings. The lowest BCUT2D eigenvalue weighted by atomic mass is 9.97. The zero-order valence-electron chi connectivity index (χ0n) is 23.2. The molecular weight excluding hydrogens is 526 g/mol. The predicted molar refractivity (Wildman–Crippen MR) is 155 cm³/mol. The van der Waals surface area contributed by atoms with Crippen LogP contribution < -0.4 is 9.64 Å². The number of likely N-dealkylation sites (tertiary alicyclic amines) is 1. The van der Waals surface area contributed by atoms with Gasteiger partial charge in [-0.05, 0) is 49.7 Å². The standard InChI is InChI=1S/C31H32F2N6O2/c1-19-7-4-8-21-9-5-11-23(25(19)21)27-26(33)28-24(17-34-27)29(38-13-15-39(16-14-38)30(40)20(2)32)36-31(35-28)41-18-22-10-6-12-37(22)3/h4-5,7-9,11,17,22H,2,6,10,12-16,18H2,1,3H3/t22-/m0/s1. The van der Waals surface area contributed by atoms with Gasteiger partial charge >= 0.3 is 6.01 Å². The Balaban J connectivity index is 1.42. The average molecular weight is 559 g/mol. The molecule has 0 unspecified atom stereocenters. The molecule has 0 saturated carbocycles. The normalized spacial score (nSPS) is 17.9. The van der Waals surface area contributed by atoms with Crippen LogP contribution in [0.2, 0.25) is 0 Å². The van der Waals surface area contributed by atoms with E-state index in [1.54, 1.807) is 6.20 Å². The van der Waals surface area contributed by atoms with E-state index in [0.717, 1.165) is 35.7 Å². The third-order valence-electron chi connectivity index (χ3n) is 8.19. The van der Waals surface area contributed by atoms with Gasteiger partial charge in [-0.2, -0.15) is 9.97 Å². The number of likely N-dealkylation sites (N-methyl/N-ethyl adjacent to an activating group) is 1. The lowest BCUT2D eigenvalue weighted by molar-refractivity contribution is -0.128. The zero-order valence-corrected chi connectivity index (χ0v) is 23.2. The van der Waals surface area contributed by atoms with Crippen LogP contribution in [0.3, 0.4) is 0 Å². The van der Waals surface area contributed by atoms with Gasteiger partial charge in [0.2, 0.25) is 0 Å². The highest BCUT2D eigenvalue weighted by Crippen LogP contribution is 2.36. The maximum Gasteiger partial charge on any atom is 0.319 e. The van der Waals surface area contributed by atoms with Gasteiger partial charge in [0, 0.05) is 44.0 Å². The van der Waals surface area contributed by atoms with Crippen molar-refractivity contribution >= 4 is 33.4 Å². The number of pyridine rings is 1. The molecule has 0 spiro atoms. The summed E-state index contributed by atoms with van der Waals surface area (Å²) in [5, 5.41) is 2.38. The average Bonchev–Trinajstić information content (AvgIpc) is 3.40. The van der Waals surface area contributed by atoms with E-state index in [-0.39, 0.29) is 36.4 Å². The number of ether oxygens (including phenoxy) is 1. The molecule has 2 saturated heterocycles. The van der Waals surface area contributed by atoms with Gasteiger partial charge in [-0.1, -0.05) is 43.0 Å². The van der Waals surface area contributed by atoms with Gasteiger partial charge in [0.05, 0.1) is 5.39 Å². The molecule has 212 valence electrons. The molecule has 2 aliphatic rings. The molecule has 8 nitrogen and oxygen atoms in total. The van der Waals surface area contributed by atoms with Crippen LogP contribution in [-0.2, 0) is 4.79 Å². The number of nitrogens with zero attached hydrogens (tertiary/aromatic N) is 6. The molecule has 2 aromatic carbocycles. The van der Waals surface area contributed by atoms with E-state index in [1.165, 1.54) is 4.90 Å². The highest BCUT2D eigenvalue weighted by atomic mass is 19.1. The Kier molecular flexibility index (Phi) is 7.25. The van der Waals surface area contributed by atoms with Gasteiger partial charge in [-0.25, -0.2) is 8.78 Å². The van der Waals surface area contributed by atoms with Gasteiger partial charge in [-0.15, -0.1) is 0 Å². The van der Waals surface area contributed by atoms with Crippen LogP contribution in [0.1, 0.15) is 18.4 Å². The molecule has 0 bridgehead atoms. The fraction of sp³-hybridized carbons (Fsp3) is 0.355. The lowest BCUT2D eigenvalue weighted by Gasteiger charge is -2.35. The van der Waals surface area contributed by atoms with Crippen LogP contribution >= 0.6 is 0 Å². The number of rotatable bonds is 6. The maximum atomic E-state index is 16.5. The summed E-state index contributed by atoms with van der Waals surface area (Å²) in [7, 11) is 2.06. The van der Waals surface area contributed by atoms with Crippen LogP contribution in [0.15, 0.2) is 55.0 Å². The number of carbonyl (C=O) groups excluding carboxylic acids is 1. The highest BCUT2D eigenvalue weighted by molar-refractivity contribution is 6.00. The van der Waals surface area contributed by atoms with Gasteiger partial charge < -0.3 is 19.4 Å². The number of hydrogen-bond donors (Lipinski definition) is 0. The summed E-state index contributed by atoms with van der Waals surface area (Å²) in [5.74, 6) is -1.78. The molecule has 2 aliphatic heterocycles. The van der Waals surface area contributed by atoms with Crippen molar-refractivity contribution < 1.29 is 18.3 Å². The zero-order chi connectivity index (χ0) is 28.7. The summed E-state index contributed by atoms with van der Waals surface area (Å²) in [4.78, 5) is 31.5. The van der Waals surface area contributed by atoms with Gasteiger partial charge in [0.25, 0.3) is 5.91 Å². The van der Waals surface area contributed by atoms with Crippen molar-refractivity contribution in [3.8, 4) is 17.3 Å². The van der Waals surface area contributed by atoms with Crippen molar-refractivity contribution in [1.82, 2.24) is 24.8 Å². The second kappa shape index (κ2) is 11.0. The topological polar surface area (TPSA) is 74.7 Å². The lowest BCUT2D eigenvalue weighted by Crippen LogP contribution is -2.49. The molecule has 0 radical (unpaired) electrons. The predicted octanol–water partition coefficient (Wildman–Crippen LogP) is 4.90. The minimum Gasteiger partial charge on any atom is -0.462 e. The van der Waals surface area contributed by atoms with E-state index >= 15 is 4.39 Å². The molecular formula is C31H32F2N6O2. The number of halogens is 2. The van der Waals surface area contributed by atoms with Crippen LogP contribution in [0.25, 0.3) is 32.9 Å². The molecule has 2 fully saturated rings. The van der Waals surface area contributed by atoms with Crippen LogP contribution in [0, 0.1) is 12.7 Å². The van der Waals surface area contributed by atoms with Gasteiger partial charge in [0.1, 0.15) is 23.6 Å². The third kappa shape index (κ3) is 5.08. The fourth-order valence-electron chi connectivity index (χ4n) is 5.89. The summed E-state index contributed by atoms with van der Waals surface area (Å²) < 4.78 is 36.0. The monoisotopic (exact) mass is 558 g/mol. The number of benzene rings is 2. The fourth-order valence-corrected chi connectivity index (χ4v) is 5.89. The SMILES string of the molecule is C=C(F)C(=O)N1CCN(c2nc(OC[C@@H]3CCCN3C)nc3c(F)c(-c4cccc5cccc(C)c45)ncc23)CC1. The number of fused-ring (bicyclic) bond motifs is 2. The van der Waals surface area contributed by atoms with Crippen LogP contribution in [0.5, 0.6) is 6.01 Å². The summed E-state index contributed by atoms with van der Waals surface area (Å²) in [6, 6.07) is 12.1. The molecule has 6 rings (SSSR count). The van der Waals surface area contributed by atoms with E-state index in [9.17, 15) is 9.18 Å². The number of amides is 1. The van der Waals surface area contributed by atoms with E-state index in [2.05, 4.69) is 28.5 Å². The Morgan fingerprint density at radius 2 is 1.85 bits per heavy atom. The minimum absolute atomic E-state index is 0.0913. The van der Waals surface area contributed by atoms with Crippen LogP contribution in [0.4, 0.5) is 14.6 Å². The van der Waals surface area contributed by atoms with E-state index in [0.29, 0.717) is 36.5 Å². The van der Waals surface area contributed by atoms with Crippen molar-refractivity contribution in [1.29, 1.82) is 0 Å². The first-order valence-corrected chi connectivity index (χ1v) is 13.9. The van der Waals surface area contributed by atoms with Crippen LogP contribution in [-0.4, -0.2) is 83.1 Å². The van der Waals surface area contributed by atoms with Crippen molar-refractivity contribution in [3.63, 3.8) is 0 Å². The number of carbonyl (C=O) groups is 1. The number of aryl methyl sites for hydroxylation is 1. The first kappa shape index (κ1) is 27.0. The summed E-state index contributed by atoms with van der Waals surface area (Å²) in [6.07, 6.45) is 3.71. The van der Waals surface area contributed by atoms with E-state index in [4.69, 9.17) is 9.72 Å². The third-order valence-corrected chi connectivity index (χ3v) is 8.19. The Labute approximate surface area is 237 Å². The number of piperazine rings is 1. The second-order valence-corrected chi connectivity index (χ2v) is 10.8. The van der Waals surface area contributed by atoms with Crippen molar-refractivity contribution in [2.45, 2.75) is 25.8 Å². The Hall–Kier alpha value is -4.18. The number of anilines is 1. The summed E-state index contributed by atoms with van der Waals surface area (Å²) >= 11 is 0. The highest BCUT2D eigenvalue weighted by Gasteiger charge is 2.28. The van der Waals surface area contributed by atoms with Gasteiger partial charge in [0.15, 0.2) is 11.6 Å². The molecule has 2 aromatic heterocycles. The molecule has 10 heteroatoms. The second-order valence-electron chi connectivity index (χ2n) is 10.8. The Morgan fingerprint density at radius 3 is 2.56 bits per heavy atom. The van der Waals surface area contributed by atoms with E-state index < -0.39 is 17.6 Å². The van der Waals surface area contributed by atoms with Crippen molar-refractivity contribution in [2.24, 2.45) is 0 Å². The smallest absolute Gasteiger partial charge is 0.319 e. The molecule has 41 heavy (non-hydrogen) atoms. The Morgan fingerprint density at radius 1 is 1.10 bits per heavy atom.